The monoisotopic (exact) mass is 411 g/mol. The molecule has 160 valence electrons. The molecule has 1 heterocycles. The molecule has 3 amide bonds. The maximum absolute atomic E-state index is 12.5. The zero-order valence-corrected chi connectivity index (χ0v) is 17.4. The van der Waals surface area contributed by atoms with Crippen molar-refractivity contribution in [3.63, 3.8) is 0 Å². The van der Waals surface area contributed by atoms with Crippen molar-refractivity contribution in [1.29, 1.82) is 0 Å². The quantitative estimate of drug-likeness (QED) is 0.624. The third-order valence-corrected chi connectivity index (χ3v) is 4.96. The smallest absolute Gasteiger partial charge is 0.323 e. The molecule has 0 aliphatic carbocycles. The van der Waals surface area contributed by atoms with E-state index in [-0.39, 0.29) is 18.0 Å². The van der Waals surface area contributed by atoms with E-state index in [1.165, 1.54) is 0 Å². The standard InChI is InChI=1S/C23H29N3O4/c1-16-11-12-19(25-23(28)24-18-8-4-3-5-9-18)14-21(16)26-22(27)17(2)30-15-20-10-6-7-13-29-20/h3-5,8-9,11-12,14,17,20H,6-7,10,13,15H2,1-2H3,(H,26,27)(H2,24,25,28). The summed E-state index contributed by atoms with van der Waals surface area (Å²) in [6.45, 7) is 4.79. The summed E-state index contributed by atoms with van der Waals surface area (Å²) in [7, 11) is 0. The average Bonchev–Trinajstić information content (AvgIpc) is 2.75. The van der Waals surface area contributed by atoms with Gasteiger partial charge >= 0.3 is 6.03 Å². The molecule has 2 atom stereocenters. The highest BCUT2D eigenvalue weighted by Gasteiger charge is 2.19. The number of amides is 3. The van der Waals surface area contributed by atoms with E-state index >= 15 is 0 Å². The van der Waals surface area contributed by atoms with Crippen molar-refractivity contribution in [3.8, 4) is 0 Å². The van der Waals surface area contributed by atoms with Gasteiger partial charge in [0.2, 0.25) is 0 Å². The average molecular weight is 412 g/mol. The van der Waals surface area contributed by atoms with Gasteiger partial charge in [-0.2, -0.15) is 0 Å². The van der Waals surface area contributed by atoms with E-state index in [9.17, 15) is 9.59 Å². The number of urea groups is 1. The highest BCUT2D eigenvalue weighted by molar-refractivity contribution is 6.01. The number of rotatable bonds is 7. The van der Waals surface area contributed by atoms with Gasteiger partial charge in [0.1, 0.15) is 6.10 Å². The van der Waals surface area contributed by atoms with E-state index in [1.54, 1.807) is 31.2 Å². The van der Waals surface area contributed by atoms with Crippen molar-refractivity contribution in [2.24, 2.45) is 0 Å². The van der Waals surface area contributed by atoms with Crippen LogP contribution in [-0.4, -0.2) is 37.4 Å². The van der Waals surface area contributed by atoms with Gasteiger partial charge in [-0.15, -0.1) is 0 Å². The molecule has 3 N–H and O–H groups in total. The minimum atomic E-state index is -0.604. The number of carbonyl (C=O) groups is 2. The van der Waals surface area contributed by atoms with E-state index in [0.717, 1.165) is 31.4 Å². The lowest BCUT2D eigenvalue weighted by Gasteiger charge is -2.24. The first-order chi connectivity index (χ1) is 14.5. The fourth-order valence-electron chi connectivity index (χ4n) is 3.15. The third kappa shape index (κ3) is 6.57. The zero-order chi connectivity index (χ0) is 21.3. The molecule has 2 aromatic carbocycles. The SMILES string of the molecule is Cc1ccc(NC(=O)Nc2ccccc2)cc1NC(=O)C(C)OCC1CCCCO1. The summed E-state index contributed by atoms with van der Waals surface area (Å²) >= 11 is 0. The van der Waals surface area contributed by atoms with E-state index in [0.29, 0.717) is 23.7 Å². The molecule has 1 aliphatic rings. The van der Waals surface area contributed by atoms with Crippen LogP contribution in [0, 0.1) is 6.92 Å². The first-order valence-electron chi connectivity index (χ1n) is 10.3. The van der Waals surface area contributed by atoms with E-state index in [1.807, 2.05) is 31.2 Å². The van der Waals surface area contributed by atoms with Crippen LogP contribution in [0.1, 0.15) is 31.7 Å². The molecule has 0 spiro atoms. The Balaban J connectivity index is 1.53. The Hall–Kier alpha value is -2.90. The van der Waals surface area contributed by atoms with Gasteiger partial charge in [-0.05, 0) is 62.9 Å². The van der Waals surface area contributed by atoms with E-state index < -0.39 is 6.10 Å². The maximum Gasteiger partial charge on any atom is 0.323 e. The summed E-state index contributed by atoms with van der Waals surface area (Å²) in [5.41, 5.74) is 2.79. The number of benzene rings is 2. The Morgan fingerprint density at radius 2 is 1.83 bits per heavy atom. The van der Waals surface area contributed by atoms with Crippen molar-refractivity contribution in [1.82, 2.24) is 0 Å². The highest BCUT2D eigenvalue weighted by atomic mass is 16.5. The third-order valence-electron chi connectivity index (χ3n) is 4.96. The molecule has 0 saturated carbocycles. The second-order valence-corrected chi connectivity index (χ2v) is 7.43. The summed E-state index contributed by atoms with van der Waals surface area (Å²) in [5, 5.41) is 8.43. The zero-order valence-electron chi connectivity index (χ0n) is 17.4. The van der Waals surface area contributed by atoms with Gasteiger partial charge < -0.3 is 25.4 Å². The fraction of sp³-hybridized carbons (Fsp3) is 0.391. The molecule has 2 aromatic rings. The van der Waals surface area contributed by atoms with Crippen LogP contribution in [0.5, 0.6) is 0 Å². The summed E-state index contributed by atoms with van der Waals surface area (Å²) in [5.74, 6) is -0.236. The van der Waals surface area contributed by atoms with Crippen molar-refractivity contribution in [2.45, 2.75) is 45.3 Å². The van der Waals surface area contributed by atoms with Gasteiger partial charge in [-0.25, -0.2) is 4.79 Å². The van der Waals surface area contributed by atoms with Crippen molar-refractivity contribution in [3.05, 3.63) is 54.1 Å². The largest absolute Gasteiger partial charge is 0.376 e. The second-order valence-electron chi connectivity index (χ2n) is 7.43. The lowest BCUT2D eigenvalue weighted by atomic mass is 10.1. The Kier molecular flexibility index (Phi) is 7.82. The highest BCUT2D eigenvalue weighted by Crippen LogP contribution is 2.21. The Bertz CT molecular complexity index is 851. The summed E-state index contributed by atoms with van der Waals surface area (Å²) in [6, 6.07) is 14.2. The molecule has 7 heteroatoms. The molecular weight excluding hydrogens is 382 g/mol. The topological polar surface area (TPSA) is 88.7 Å². The van der Waals surface area contributed by atoms with Crippen LogP contribution in [0.15, 0.2) is 48.5 Å². The van der Waals surface area contributed by atoms with Gasteiger partial charge in [-0.3, -0.25) is 4.79 Å². The molecular formula is C23H29N3O4. The van der Waals surface area contributed by atoms with Crippen LogP contribution in [0.25, 0.3) is 0 Å². The first kappa shape index (κ1) is 21.8. The molecule has 2 unspecified atom stereocenters. The Labute approximate surface area is 177 Å². The molecule has 0 radical (unpaired) electrons. The normalized spacial score (nSPS) is 17.1. The summed E-state index contributed by atoms with van der Waals surface area (Å²) in [6.07, 6.45) is 2.64. The lowest BCUT2D eigenvalue weighted by Crippen LogP contribution is -2.32. The van der Waals surface area contributed by atoms with Crippen molar-refractivity contribution in [2.75, 3.05) is 29.2 Å². The fourth-order valence-corrected chi connectivity index (χ4v) is 3.15. The van der Waals surface area contributed by atoms with Gasteiger partial charge in [0.15, 0.2) is 0 Å². The van der Waals surface area contributed by atoms with Gasteiger partial charge in [-0.1, -0.05) is 24.3 Å². The molecule has 0 bridgehead atoms. The number of para-hydroxylation sites is 1. The first-order valence-corrected chi connectivity index (χ1v) is 10.3. The Morgan fingerprint density at radius 3 is 2.57 bits per heavy atom. The molecule has 0 aromatic heterocycles. The van der Waals surface area contributed by atoms with E-state index in [4.69, 9.17) is 9.47 Å². The van der Waals surface area contributed by atoms with Crippen LogP contribution in [0.3, 0.4) is 0 Å². The van der Waals surface area contributed by atoms with Crippen LogP contribution in [0.4, 0.5) is 21.9 Å². The van der Waals surface area contributed by atoms with Crippen LogP contribution in [0.2, 0.25) is 0 Å². The predicted molar refractivity (Wildman–Crippen MR) is 118 cm³/mol. The van der Waals surface area contributed by atoms with Crippen LogP contribution >= 0.6 is 0 Å². The predicted octanol–water partition coefficient (Wildman–Crippen LogP) is 4.55. The number of hydrogen-bond donors (Lipinski definition) is 3. The molecule has 3 rings (SSSR count). The number of anilines is 3. The molecule has 1 aliphatic heterocycles. The maximum atomic E-state index is 12.5. The van der Waals surface area contributed by atoms with Crippen molar-refractivity contribution >= 4 is 29.0 Å². The number of nitrogens with one attached hydrogen (secondary N) is 3. The number of hydrogen-bond acceptors (Lipinski definition) is 4. The molecule has 1 fully saturated rings. The molecule has 1 saturated heterocycles. The summed E-state index contributed by atoms with van der Waals surface area (Å²) in [4.78, 5) is 24.7. The van der Waals surface area contributed by atoms with Gasteiger partial charge in [0, 0.05) is 23.7 Å². The van der Waals surface area contributed by atoms with Crippen LogP contribution < -0.4 is 16.0 Å². The summed E-state index contributed by atoms with van der Waals surface area (Å²) < 4.78 is 11.3. The van der Waals surface area contributed by atoms with Crippen LogP contribution in [-0.2, 0) is 14.3 Å². The van der Waals surface area contributed by atoms with Gasteiger partial charge in [0.25, 0.3) is 5.91 Å². The number of aryl methyl sites for hydroxylation is 1. The van der Waals surface area contributed by atoms with Gasteiger partial charge in [0.05, 0.1) is 12.7 Å². The van der Waals surface area contributed by atoms with E-state index in [2.05, 4.69) is 16.0 Å². The minimum Gasteiger partial charge on any atom is -0.376 e. The minimum absolute atomic E-state index is 0.0615. The number of ether oxygens (including phenoxy) is 2. The number of carbonyl (C=O) groups excluding carboxylic acids is 2. The van der Waals surface area contributed by atoms with Crippen molar-refractivity contribution < 1.29 is 19.1 Å². The molecule has 7 nitrogen and oxygen atoms in total. The second kappa shape index (κ2) is 10.8. The Morgan fingerprint density at radius 1 is 1.07 bits per heavy atom. The molecule has 30 heavy (non-hydrogen) atoms. The lowest BCUT2D eigenvalue weighted by molar-refractivity contribution is -0.130.